The van der Waals surface area contributed by atoms with Crippen LogP contribution in [0, 0.1) is 21.8 Å². The van der Waals surface area contributed by atoms with E-state index in [9.17, 15) is 19.3 Å². The number of nitrogens with zero attached hydrogens (tertiary/aromatic N) is 1. The van der Waals surface area contributed by atoms with Crippen LogP contribution in [0.5, 0.6) is 0 Å². The van der Waals surface area contributed by atoms with Gasteiger partial charge in [-0.15, -0.1) is 0 Å². The summed E-state index contributed by atoms with van der Waals surface area (Å²) < 4.78 is 13.2. The lowest BCUT2D eigenvalue weighted by Gasteiger charge is -2.06. The van der Waals surface area contributed by atoms with Crippen molar-refractivity contribution in [2.45, 2.75) is 19.3 Å². The molecule has 0 atom stereocenters. The number of amides is 1. The fraction of sp³-hybridized carbons (Fsp3) is 0.417. The Kier molecular flexibility index (Phi) is 3.64. The smallest absolute Gasteiger partial charge is 0.285 e. The quantitative estimate of drug-likeness (QED) is 0.483. The number of benzene rings is 1. The highest BCUT2D eigenvalue weighted by molar-refractivity contribution is 5.99. The molecule has 0 spiro atoms. The van der Waals surface area contributed by atoms with E-state index >= 15 is 0 Å². The lowest BCUT2D eigenvalue weighted by molar-refractivity contribution is -0.385. The van der Waals surface area contributed by atoms with E-state index in [0.717, 1.165) is 12.5 Å². The normalized spacial score (nSPS) is 14.2. The lowest BCUT2D eigenvalue weighted by atomic mass is 10.1. The predicted molar refractivity (Wildman–Crippen MR) is 67.1 cm³/mol. The van der Waals surface area contributed by atoms with Gasteiger partial charge in [-0.25, -0.2) is 4.39 Å². The van der Waals surface area contributed by atoms with Gasteiger partial charge in [0.25, 0.3) is 11.6 Å². The molecule has 0 unspecified atom stereocenters. The largest absolute Gasteiger partial charge is 0.396 e. The molecule has 2 rings (SSSR count). The topological polar surface area (TPSA) is 98.3 Å². The summed E-state index contributed by atoms with van der Waals surface area (Å²) in [5.41, 5.74) is 4.27. The molecule has 1 aromatic carbocycles. The number of carbonyl (C=O) groups is 1. The van der Waals surface area contributed by atoms with Gasteiger partial charge in [0.2, 0.25) is 0 Å². The van der Waals surface area contributed by atoms with E-state index in [1.165, 1.54) is 12.8 Å². The predicted octanol–water partition coefficient (Wildman–Crippen LogP) is 1.85. The molecule has 0 heterocycles. The molecule has 19 heavy (non-hydrogen) atoms. The number of hydrogen-bond acceptors (Lipinski definition) is 4. The molecule has 1 aliphatic carbocycles. The number of nitrogens with one attached hydrogen (secondary N) is 1. The Balaban J connectivity index is 2.13. The second kappa shape index (κ2) is 5.21. The van der Waals surface area contributed by atoms with E-state index < -0.39 is 22.3 Å². The first kappa shape index (κ1) is 13.3. The molecule has 0 aromatic heterocycles. The maximum atomic E-state index is 13.2. The Hall–Kier alpha value is -2.18. The molecule has 102 valence electrons. The van der Waals surface area contributed by atoms with Gasteiger partial charge in [0.15, 0.2) is 5.82 Å². The van der Waals surface area contributed by atoms with Gasteiger partial charge in [-0.2, -0.15) is 0 Å². The highest BCUT2D eigenvalue weighted by Crippen LogP contribution is 2.31. The number of anilines is 1. The zero-order valence-corrected chi connectivity index (χ0v) is 10.2. The van der Waals surface area contributed by atoms with Crippen LogP contribution in [0.3, 0.4) is 0 Å². The van der Waals surface area contributed by atoms with Crippen molar-refractivity contribution in [3.05, 3.63) is 33.6 Å². The monoisotopic (exact) mass is 267 g/mol. The van der Waals surface area contributed by atoms with Gasteiger partial charge in [0.05, 0.1) is 16.7 Å². The Morgan fingerprint density at radius 2 is 2.21 bits per heavy atom. The zero-order chi connectivity index (χ0) is 14.0. The van der Waals surface area contributed by atoms with Crippen LogP contribution in [0.15, 0.2) is 12.1 Å². The molecule has 1 aliphatic rings. The standard InChI is InChI=1S/C12H14FN3O3/c13-9-6-11(16(18)19)8(5-10(9)14)12(17)15-4-3-7-1-2-7/h5-7H,1-4,14H2,(H,15,17). The van der Waals surface area contributed by atoms with Crippen molar-refractivity contribution in [1.29, 1.82) is 0 Å². The number of rotatable bonds is 5. The molecule has 1 saturated carbocycles. The second-order valence-electron chi connectivity index (χ2n) is 4.64. The van der Waals surface area contributed by atoms with Gasteiger partial charge >= 0.3 is 0 Å². The fourth-order valence-electron chi connectivity index (χ4n) is 1.80. The van der Waals surface area contributed by atoms with E-state index in [0.29, 0.717) is 18.5 Å². The first-order valence-electron chi connectivity index (χ1n) is 6.00. The molecule has 0 radical (unpaired) electrons. The first-order valence-corrected chi connectivity index (χ1v) is 6.00. The summed E-state index contributed by atoms with van der Waals surface area (Å²) in [5, 5.41) is 13.4. The Morgan fingerprint density at radius 3 is 2.79 bits per heavy atom. The minimum atomic E-state index is -0.902. The van der Waals surface area contributed by atoms with Crippen LogP contribution >= 0.6 is 0 Å². The Bertz CT molecular complexity index is 529. The third-order valence-electron chi connectivity index (χ3n) is 3.09. The summed E-state index contributed by atoms with van der Waals surface area (Å²) in [7, 11) is 0. The maximum absolute atomic E-state index is 13.2. The number of nitrogen functional groups attached to an aromatic ring is 1. The molecule has 1 amide bonds. The SMILES string of the molecule is Nc1cc(C(=O)NCCC2CC2)c([N+](=O)[O-])cc1F. The molecular formula is C12H14FN3O3. The van der Waals surface area contributed by atoms with Gasteiger partial charge in [0, 0.05) is 6.54 Å². The van der Waals surface area contributed by atoms with Crippen molar-refractivity contribution in [2.24, 2.45) is 5.92 Å². The van der Waals surface area contributed by atoms with E-state index in [2.05, 4.69) is 5.32 Å². The van der Waals surface area contributed by atoms with Crippen molar-refractivity contribution >= 4 is 17.3 Å². The Morgan fingerprint density at radius 1 is 1.53 bits per heavy atom. The number of halogens is 1. The average molecular weight is 267 g/mol. The number of carbonyl (C=O) groups excluding carboxylic acids is 1. The molecule has 0 saturated heterocycles. The molecule has 0 aliphatic heterocycles. The highest BCUT2D eigenvalue weighted by Gasteiger charge is 2.24. The third kappa shape index (κ3) is 3.18. The van der Waals surface area contributed by atoms with Gasteiger partial charge in [0.1, 0.15) is 5.56 Å². The van der Waals surface area contributed by atoms with Gasteiger partial charge < -0.3 is 11.1 Å². The van der Waals surface area contributed by atoms with E-state index in [-0.39, 0.29) is 11.3 Å². The molecule has 1 aromatic rings. The van der Waals surface area contributed by atoms with Gasteiger partial charge in [-0.1, -0.05) is 12.8 Å². The summed E-state index contributed by atoms with van der Waals surface area (Å²) in [6, 6.07) is 1.67. The molecular weight excluding hydrogens is 253 g/mol. The van der Waals surface area contributed by atoms with Crippen LogP contribution in [-0.2, 0) is 0 Å². The van der Waals surface area contributed by atoms with Gasteiger partial charge in [-0.3, -0.25) is 14.9 Å². The number of hydrogen-bond donors (Lipinski definition) is 2. The van der Waals surface area contributed by atoms with E-state index in [1.54, 1.807) is 0 Å². The fourth-order valence-corrected chi connectivity index (χ4v) is 1.80. The summed E-state index contributed by atoms with van der Waals surface area (Å²) in [6.07, 6.45) is 3.19. The van der Waals surface area contributed by atoms with Crippen LogP contribution < -0.4 is 11.1 Å². The van der Waals surface area contributed by atoms with Crippen molar-refractivity contribution < 1.29 is 14.1 Å². The van der Waals surface area contributed by atoms with Gasteiger partial charge in [-0.05, 0) is 18.4 Å². The van der Waals surface area contributed by atoms with Crippen LogP contribution in [0.2, 0.25) is 0 Å². The van der Waals surface area contributed by atoms with Crippen molar-refractivity contribution in [1.82, 2.24) is 5.32 Å². The molecule has 1 fully saturated rings. The van der Waals surface area contributed by atoms with E-state index in [1.807, 2.05) is 0 Å². The summed E-state index contributed by atoms with van der Waals surface area (Å²) >= 11 is 0. The first-order chi connectivity index (χ1) is 8.99. The maximum Gasteiger partial charge on any atom is 0.285 e. The zero-order valence-electron chi connectivity index (χ0n) is 10.2. The molecule has 3 N–H and O–H groups in total. The Labute approximate surface area is 108 Å². The van der Waals surface area contributed by atoms with Crippen LogP contribution in [-0.4, -0.2) is 17.4 Å². The van der Waals surface area contributed by atoms with Crippen molar-refractivity contribution in [3.8, 4) is 0 Å². The number of nitro groups is 1. The van der Waals surface area contributed by atoms with Crippen molar-refractivity contribution in [3.63, 3.8) is 0 Å². The van der Waals surface area contributed by atoms with Crippen molar-refractivity contribution in [2.75, 3.05) is 12.3 Å². The van der Waals surface area contributed by atoms with E-state index in [4.69, 9.17) is 5.73 Å². The number of nitro benzene ring substituents is 1. The van der Waals surface area contributed by atoms with Crippen LogP contribution in [0.4, 0.5) is 15.8 Å². The summed E-state index contributed by atoms with van der Waals surface area (Å²) in [4.78, 5) is 21.8. The number of nitrogens with two attached hydrogens (primary N) is 1. The highest BCUT2D eigenvalue weighted by atomic mass is 19.1. The summed E-state index contributed by atoms with van der Waals surface area (Å²) in [5.74, 6) is -0.853. The minimum absolute atomic E-state index is 0.209. The lowest BCUT2D eigenvalue weighted by Crippen LogP contribution is -2.25. The van der Waals surface area contributed by atoms with Crippen LogP contribution in [0.25, 0.3) is 0 Å². The summed E-state index contributed by atoms with van der Waals surface area (Å²) in [6.45, 7) is 0.456. The second-order valence-corrected chi connectivity index (χ2v) is 4.64. The molecule has 6 nitrogen and oxygen atoms in total. The minimum Gasteiger partial charge on any atom is -0.396 e. The molecule has 7 heteroatoms. The van der Waals surface area contributed by atoms with Crippen LogP contribution in [0.1, 0.15) is 29.6 Å². The third-order valence-corrected chi connectivity index (χ3v) is 3.09. The molecule has 0 bridgehead atoms. The average Bonchev–Trinajstić information content (AvgIpc) is 3.15.